The van der Waals surface area contributed by atoms with Gasteiger partial charge in [0.25, 0.3) is 5.69 Å². The van der Waals surface area contributed by atoms with Crippen molar-refractivity contribution in [3.05, 3.63) is 75.4 Å². The lowest BCUT2D eigenvalue weighted by Crippen LogP contribution is -2.12. The number of nitrogens with zero attached hydrogens (tertiary/aromatic N) is 3. The third-order valence-corrected chi connectivity index (χ3v) is 3.79. The Bertz CT molecular complexity index is 995. The minimum Gasteiger partial charge on any atom is -0.340 e. The van der Waals surface area contributed by atoms with Gasteiger partial charge in [0.15, 0.2) is 0 Å². The zero-order valence-corrected chi connectivity index (χ0v) is 14.6. The first-order chi connectivity index (χ1) is 13.2. The van der Waals surface area contributed by atoms with E-state index in [0.717, 1.165) is 0 Å². The molecule has 1 heterocycles. The fraction of sp³-hybridized carbons (Fsp3) is 0.0588. The molecule has 0 aliphatic rings. The van der Waals surface area contributed by atoms with Crippen molar-refractivity contribution in [3.63, 3.8) is 0 Å². The number of nitrogens with one attached hydrogen (secondary N) is 2. The molecule has 0 aliphatic carbocycles. The summed E-state index contributed by atoms with van der Waals surface area (Å²) in [7, 11) is 0. The van der Waals surface area contributed by atoms with E-state index in [1.54, 1.807) is 0 Å². The van der Waals surface area contributed by atoms with Gasteiger partial charge in [-0.25, -0.2) is 4.98 Å². The van der Waals surface area contributed by atoms with Crippen LogP contribution in [0.1, 0.15) is 5.56 Å². The van der Waals surface area contributed by atoms with Gasteiger partial charge in [-0.15, -0.1) is 0 Å². The molecular weight excluding hydrogens is 399 g/mol. The summed E-state index contributed by atoms with van der Waals surface area (Å²) >= 11 is 5.78. The number of nitro groups is 1. The van der Waals surface area contributed by atoms with Gasteiger partial charge < -0.3 is 10.6 Å². The van der Waals surface area contributed by atoms with Gasteiger partial charge in [-0.3, -0.25) is 10.1 Å². The Hall–Kier alpha value is -3.40. The van der Waals surface area contributed by atoms with E-state index in [9.17, 15) is 23.3 Å². The van der Waals surface area contributed by atoms with Crippen LogP contribution in [0, 0.1) is 10.1 Å². The summed E-state index contributed by atoms with van der Waals surface area (Å²) in [4.78, 5) is 17.7. The number of non-ortho nitro benzene ring substituents is 1. The summed E-state index contributed by atoms with van der Waals surface area (Å²) in [6.45, 7) is 0. The predicted octanol–water partition coefficient (Wildman–Crippen LogP) is 5.54. The summed E-state index contributed by atoms with van der Waals surface area (Å²) in [5.41, 5.74) is -0.432. The van der Waals surface area contributed by atoms with Gasteiger partial charge in [-0.1, -0.05) is 11.6 Å². The van der Waals surface area contributed by atoms with Gasteiger partial charge in [-0.05, 0) is 36.4 Å². The van der Waals surface area contributed by atoms with Crippen LogP contribution in [0.25, 0.3) is 0 Å². The number of alkyl halides is 3. The van der Waals surface area contributed by atoms with Crippen LogP contribution in [0.3, 0.4) is 0 Å². The Morgan fingerprint density at radius 3 is 2.11 bits per heavy atom. The third-order valence-electron chi connectivity index (χ3n) is 3.54. The second-order valence-electron chi connectivity index (χ2n) is 5.51. The van der Waals surface area contributed by atoms with Crippen molar-refractivity contribution in [1.29, 1.82) is 0 Å². The number of anilines is 4. The molecule has 0 atom stereocenters. The molecule has 3 rings (SSSR count). The van der Waals surface area contributed by atoms with Gasteiger partial charge >= 0.3 is 6.18 Å². The molecule has 144 valence electrons. The molecule has 0 radical (unpaired) electrons. The van der Waals surface area contributed by atoms with E-state index >= 15 is 0 Å². The van der Waals surface area contributed by atoms with E-state index in [1.807, 2.05) is 0 Å². The number of hydrogen-bond acceptors (Lipinski definition) is 6. The van der Waals surface area contributed by atoms with E-state index in [1.165, 1.54) is 48.5 Å². The minimum atomic E-state index is -4.67. The predicted molar refractivity (Wildman–Crippen MR) is 98.1 cm³/mol. The summed E-state index contributed by atoms with van der Waals surface area (Å²) in [5, 5.41) is 16.4. The van der Waals surface area contributed by atoms with Crippen LogP contribution in [-0.4, -0.2) is 14.9 Å². The van der Waals surface area contributed by atoms with Gasteiger partial charge in [0.2, 0.25) is 5.95 Å². The first-order valence-corrected chi connectivity index (χ1v) is 8.08. The highest BCUT2D eigenvalue weighted by Gasteiger charge is 2.35. The molecule has 0 fully saturated rings. The molecule has 0 saturated carbocycles. The summed E-state index contributed by atoms with van der Waals surface area (Å²) in [5.74, 6) is -0.562. The lowest BCUT2D eigenvalue weighted by Gasteiger charge is -2.15. The maximum Gasteiger partial charge on any atom is 0.421 e. The molecule has 28 heavy (non-hydrogen) atoms. The molecule has 3 aromatic rings. The van der Waals surface area contributed by atoms with Crippen LogP contribution in [0.15, 0.2) is 54.7 Å². The van der Waals surface area contributed by atoms with Gasteiger partial charge in [0.1, 0.15) is 11.4 Å². The monoisotopic (exact) mass is 409 g/mol. The van der Waals surface area contributed by atoms with E-state index in [0.29, 0.717) is 22.6 Å². The van der Waals surface area contributed by atoms with Crippen LogP contribution in [0.4, 0.5) is 42.0 Å². The Labute approximate surface area is 161 Å². The zero-order chi connectivity index (χ0) is 20.3. The molecule has 2 N–H and O–H groups in total. The highest BCUT2D eigenvalue weighted by atomic mass is 35.5. The summed E-state index contributed by atoms with van der Waals surface area (Å²) in [6, 6.07) is 11.3. The van der Waals surface area contributed by atoms with Crippen LogP contribution in [-0.2, 0) is 6.18 Å². The maximum atomic E-state index is 13.3. The van der Waals surface area contributed by atoms with Crippen molar-refractivity contribution < 1.29 is 18.1 Å². The minimum absolute atomic E-state index is 0.113. The van der Waals surface area contributed by atoms with Crippen LogP contribution in [0.2, 0.25) is 5.02 Å². The molecule has 11 heteroatoms. The van der Waals surface area contributed by atoms with Gasteiger partial charge in [-0.2, -0.15) is 18.2 Å². The lowest BCUT2D eigenvalue weighted by atomic mass is 10.2. The number of halogens is 4. The molecule has 0 spiro atoms. The quantitative estimate of drug-likeness (QED) is 0.424. The van der Waals surface area contributed by atoms with Crippen molar-refractivity contribution in [3.8, 4) is 0 Å². The van der Waals surface area contributed by atoms with Crippen LogP contribution in [0.5, 0.6) is 0 Å². The van der Waals surface area contributed by atoms with Crippen LogP contribution < -0.4 is 10.6 Å². The first kappa shape index (κ1) is 19.4. The first-order valence-electron chi connectivity index (χ1n) is 7.71. The van der Waals surface area contributed by atoms with Crippen LogP contribution >= 0.6 is 11.6 Å². The van der Waals surface area contributed by atoms with Crippen molar-refractivity contribution in [2.24, 2.45) is 0 Å². The molecule has 0 unspecified atom stereocenters. The third kappa shape index (κ3) is 4.65. The van der Waals surface area contributed by atoms with E-state index in [4.69, 9.17) is 11.6 Å². The van der Waals surface area contributed by atoms with Crippen molar-refractivity contribution >= 4 is 40.4 Å². The van der Waals surface area contributed by atoms with E-state index in [2.05, 4.69) is 20.6 Å². The molecule has 0 amide bonds. The second-order valence-corrected chi connectivity index (χ2v) is 5.95. The topological polar surface area (TPSA) is 93.0 Å². The highest BCUT2D eigenvalue weighted by molar-refractivity contribution is 6.30. The number of aromatic nitrogens is 2. The molecule has 0 bridgehead atoms. The number of nitro benzene ring substituents is 1. The Morgan fingerprint density at radius 1 is 0.964 bits per heavy atom. The molecule has 0 aliphatic heterocycles. The largest absolute Gasteiger partial charge is 0.421 e. The summed E-state index contributed by atoms with van der Waals surface area (Å²) < 4.78 is 39.8. The molecule has 0 saturated heterocycles. The molecule has 2 aromatic carbocycles. The smallest absolute Gasteiger partial charge is 0.340 e. The normalized spacial score (nSPS) is 11.1. The lowest BCUT2D eigenvalue weighted by molar-refractivity contribution is -0.384. The second kappa shape index (κ2) is 7.69. The van der Waals surface area contributed by atoms with Crippen molar-refractivity contribution in [1.82, 2.24) is 9.97 Å². The van der Waals surface area contributed by atoms with Crippen molar-refractivity contribution in [2.45, 2.75) is 6.18 Å². The SMILES string of the molecule is O=[N+]([O-])c1ccc(Nc2ncc(C(F)(F)F)c(Nc3ccc(Cl)cc3)n2)cc1. The van der Waals surface area contributed by atoms with Gasteiger partial charge in [0, 0.05) is 34.7 Å². The zero-order valence-electron chi connectivity index (χ0n) is 13.9. The fourth-order valence-electron chi connectivity index (χ4n) is 2.21. The average Bonchev–Trinajstić information content (AvgIpc) is 2.63. The van der Waals surface area contributed by atoms with Gasteiger partial charge in [0.05, 0.1) is 4.92 Å². The summed E-state index contributed by atoms with van der Waals surface area (Å²) in [6.07, 6.45) is -4.01. The highest BCUT2D eigenvalue weighted by Crippen LogP contribution is 2.35. The van der Waals surface area contributed by atoms with E-state index in [-0.39, 0.29) is 11.6 Å². The Balaban J connectivity index is 1.90. The standard InChI is InChI=1S/C17H11ClF3N5O2/c18-10-1-3-11(4-2-10)23-15-14(17(19,20)21)9-22-16(25-15)24-12-5-7-13(8-6-12)26(27)28/h1-9H,(H2,22,23,24,25). The fourth-order valence-corrected chi connectivity index (χ4v) is 2.34. The number of benzene rings is 2. The number of hydrogen-bond donors (Lipinski definition) is 2. The van der Waals surface area contributed by atoms with E-state index < -0.39 is 22.5 Å². The number of rotatable bonds is 5. The average molecular weight is 410 g/mol. The molecular formula is C17H11ClF3N5O2. The van der Waals surface area contributed by atoms with Crippen molar-refractivity contribution in [2.75, 3.05) is 10.6 Å². The molecule has 1 aromatic heterocycles. The maximum absolute atomic E-state index is 13.3. The Kier molecular flexibility index (Phi) is 5.32. The molecule has 7 nitrogen and oxygen atoms in total. The Morgan fingerprint density at radius 2 is 1.54 bits per heavy atom.